The van der Waals surface area contributed by atoms with Crippen molar-refractivity contribution in [3.63, 3.8) is 0 Å². The summed E-state index contributed by atoms with van der Waals surface area (Å²) in [6, 6.07) is 4.89. The summed E-state index contributed by atoms with van der Waals surface area (Å²) in [5.74, 6) is -0.0991. The topological polar surface area (TPSA) is 97.6 Å². The lowest BCUT2D eigenvalue weighted by molar-refractivity contribution is -0.140. The average Bonchev–Trinajstić information content (AvgIpc) is 3.15. The number of hydrogen-bond donors (Lipinski definition) is 0. The number of benzene rings is 1. The van der Waals surface area contributed by atoms with Gasteiger partial charge in [0.1, 0.15) is 11.0 Å². The van der Waals surface area contributed by atoms with Crippen LogP contribution in [0.15, 0.2) is 23.1 Å². The van der Waals surface area contributed by atoms with Crippen molar-refractivity contribution in [2.24, 2.45) is 0 Å². The number of carbonyl (C=O) groups excluding carboxylic acids is 1. The summed E-state index contributed by atoms with van der Waals surface area (Å²) in [5, 5.41) is 7.95. The molecule has 1 atom stereocenters. The second-order valence-electron chi connectivity index (χ2n) is 7.78. The molecular formula is C19H27N5O4S. The van der Waals surface area contributed by atoms with Crippen LogP contribution in [0.3, 0.4) is 0 Å². The van der Waals surface area contributed by atoms with Gasteiger partial charge in [0.05, 0.1) is 4.90 Å². The number of nitrogens with zero attached hydrogens (tertiary/aromatic N) is 5. The smallest absolute Gasteiger partial charge is 0.263 e. The first-order chi connectivity index (χ1) is 14.0. The van der Waals surface area contributed by atoms with E-state index in [1.165, 1.54) is 10.4 Å². The molecule has 0 unspecified atom stereocenters. The number of hydrogen-bond acceptors (Lipinski definition) is 6. The van der Waals surface area contributed by atoms with Gasteiger partial charge in [-0.15, -0.1) is 5.10 Å². The van der Waals surface area contributed by atoms with Crippen LogP contribution >= 0.6 is 0 Å². The molecule has 2 aromatic rings. The third-order valence-corrected chi connectivity index (χ3v) is 7.67. The molecule has 2 fully saturated rings. The van der Waals surface area contributed by atoms with Gasteiger partial charge in [-0.3, -0.25) is 4.79 Å². The molecule has 0 bridgehead atoms. The van der Waals surface area contributed by atoms with Gasteiger partial charge in [0.25, 0.3) is 5.91 Å². The predicted molar refractivity (Wildman–Crippen MR) is 107 cm³/mol. The third-order valence-electron chi connectivity index (χ3n) is 5.77. The van der Waals surface area contributed by atoms with E-state index in [1.807, 2.05) is 11.8 Å². The van der Waals surface area contributed by atoms with Crippen LogP contribution in [0, 0.1) is 0 Å². The first-order valence-electron chi connectivity index (χ1n) is 10.3. The molecular weight excluding hydrogens is 394 g/mol. The molecule has 1 aromatic carbocycles. The molecule has 4 rings (SSSR count). The number of fused-ring (bicyclic) bond motifs is 1. The molecule has 158 valence electrons. The zero-order valence-electron chi connectivity index (χ0n) is 16.7. The maximum Gasteiger partial charge on any atom is 0.263 e. The van der Waals surface area contributed by atoms with Gasteiger partial charge in [-0.25, -0.2) is 8.42 Å². The molecule has 29 heavy (non-hydrogen) atoms. The molecule has 1 aromatic heterocycles. The van der Waals surface area contributed by atoms with E-state index in [2.05, 4.69) is 10.3 Å². The summed E-state index contributed by atoms with van der Waals surface area (Å²) in [5.41, 5.74) is 0.948. The van der Waals surface area contributed by atoms with E-state index in [9.17, 15) is 13.2 Å². The highest BCUT2D eigenvalue weighted by Gasteiger charge is 2.27. The van der Waals surface area contributed by atoms with Crippen LogP contribution in [-0.4, -0.2) is 71.0 Å². The Morgan fingerprint density at radius 3 is 2.66 bits per heavy atom. The fraction of sp³-hybridized carbons (Fsp3) is 0.632. The van der Waals surface area contributed by atoms with Crippen LogP contribution in [0.1, 0.15) is 45.4 Å². The van der Waals surface area contributed by atoms with Gasteiger partial charge in [-0.2, -0.15) is 4.31 Å². The van der Waals surface area contributed by atoms with Gasteiger partial charge in [-0.05, 0) is 62.4 Å². The second kappa shape index (κ2) is 8.27. The molecule has 10 heteroatoms. The fourth-order valence-corrected chi connectivity index (χ4v) is 5.59. The molecule has 2 saturated heterocycles. The van der Waals surface area contributed by atoms with E-state index in [1.54, 1.807) is 12.1 Å². The maximum absolute atomic E-state index is 12.9. The van der Waals surface area contributed by atoms with Gasteiger partial charge >= 0.3 is 0 Å². The number of carbonyl (C=O) groups is 1. The number of aromatic nitrogens is 3. The number of piperidine rings is 2. The van der Waals surface area contributed by atoms with Crippen molar-refractivity contribution in [1.29, 1.82) is 0 Å². The predicted octanol–water partition coefficient (Wildman–Crippen LogP) is 1.44. The lowest BCUT2D eigenvalue weighted by Crippen LogP contribution is -2.45. The lowest BCUT2D eigenvalue weighted by Gasteiger charge is -2.33. The van der Waals surface area contributed by atoms with Crippen molar-refractivity contribution in [2.45, 2.75) is 56.4 Å². The summed E-state index contributed by atoms with van der Waals surface area (Å²) in [4.78, 5) is 21.3. The van der Waals surface area contributed by atoms with Crippen molar-refractivity contribution in [1.82, 2.24) is 24.4 Å². The monoisotopic (exact) mass is 421 g/mol. The Morgan fingerprint density at radius 1 is 1.14 bits per heavy atom. The lowest BCUT2D eigenvalue weighted by atomic mass is 10.0. The highest BCUT2D eigenvalue weighted by molar-refractivity contribution is 7.89. The van der Waals surface area contributed by atoms with Crippen LogP contribution in [-0.2, 0) is 14.8 Å². The summed E-state index contributed by atoms with van der Waals surface area (Å²) in [6.45, 7) is 3.69. The minimum atomic E-state index is -3.57. The first-order valence-corrected chi connectivity index (χ1v) is 11.7. The minimum Gasteiger partial charge on any atom is -0.385 e. The summed E-state index contributed by atoms with van der Waals surface area (Å²) in [6.07, 6.45) is 5.94. The SMILES string of the molecule is C[C@H]1CCCCN1C(=O)COn1nnc2ccc(S(=O)(=O)N3CCCCC3)cc21. The Bertz CT molecular complexity index is 984. The maximum atomic E-state index is 12.9. The standard InChI is InChI=1S/C19H27N5O4S/c1-15-7-3-6-12-23(15)19(25)14-28-24-18-13-16(8-9-17(18)20-21-24)29(26,27)22-10-4-2-5-11-22/h8-9,13,15H,2-7,10-12,14H2,1H3/t15-/m0/s1. The van der Waals surface area contributed by atoms with Crippen LogP contribution in [0.5, 0.6) is 0 Å². The number of likely N-dealkylation sites (tertiary alicyclic amines) is 1. The Hall–Kier alpha value is -2.20. The third kappa shape index (κ3) is 4.09. The van der Waals surface area contributed by atoms with E-state index in [4.69, 9.17) is 4.84 Å². The average molecular weight is 422 g/mol. The normalized spacial score (nSPS) is 21.4. The molecule has 1 amide bonds. The van der Waals surface area contributed by atoms with E-state index in [0.29, 0.717) is 24.1 Å². The first kappa shape index (κ1) is 20.1. The van der Waals surface area contributed by atoms with Crippen molar-refractivity contribution in [3.05, 3.63) is 18.2 Å². The van der Waals surface area contributed by atoms with Crippen LogP contribution in [0.2, 0.25) is 0 Å². The van der Waals surface area contributed by atoms with Crippen LogP contribution in [0.25, 0.3) is 11.0 Å². The van der Waals surface area contributed by atoms with E-state index in [0.717, 1.165) is 49.9 Å². The fourth-order valence-electron chi connectivity index (χ4n) is 4.06. The van der Waals surface area contributed by atoms with Crippen molar-refractivity contribution in [2.75, 3.05) is 26.2 Å². The van der Waals surface area contributed by atoms with Gasteiger partial charge in [0.15, 0.2) is 6.61 Å². The molecule has 0 spiro atoms. The van der Waals surface area contributed by atoms with E-state index < -0.39 is 10.0 Å². The number of amides is 1. The summed E-state index contributed by atoms with van der Waals surface area (Å²) in [7, 11) is -3.57. The molecule has 0 N–H and O–H groups in total. The Balaban J connectivity index is 1.52. The molecule has 2 aliphatic heterocycles. The molecule has 3 heterocycles. The zero-order chi connectivity index (χ0) is 20.4. The molecule has 0 aliphatic carbocycles. The molecule has 9 nitrogen and oxygen atoms in total. The van der Waals surface area contributed by atoms with Crippen LogP contribution < -0.4 is 4.84 Å². The van der Waals surface area contributed by atoms with E-state index in [-0.39, 0.29) is 23.5 Å². The van der Waals surface area contributed by atoms with Gasteiger partial charge in [0, 0.05) is 25.7 Å². The highest BCUT2D eigenvalue weighted by atomic mass is 32.2. The summed E-state index contributed by atoms with van der Waals surface area (Å²) >= 11 is 0. The molecule has 0 radical (unpaired) electrons. The van der Waals surface area contributed by atoms with Crippen molar-refractivity contribution in [3.8, 4) is 0 Å². The largest absolute Gasteiger partial charge is 0.385 e. The Labute approximate surface area is 170 Å². The van der Waals surface area contributed by atoms with Gasteiger partial charge in [-0.1, -0.05) is 11.3 Å². The number of rotatable bonds is 5. The van der Waals surface area contributed by atoms with Gasteiger partial charge < -0.3 is 9.74 Å². The van der Waals surface area contributed by atoms with Crippen molar-refractivity contribution < 1.29 is 18.0 Å². The quantitative estimate of drug-likeness (QED) is 0.725. The molecule has 2 aliphatic rings. The Kier molecular flexibility index (Phi) is 5.73. The highest BCUT2D eigenvalue weighted by Crippen LogP contribution is 2.23. The number of sulfonamides is 1. The minimum absolute atomic E-state index is 0.0991. The Morgan fingerprint density at radius 2 is 1.90 bits per heavy atom. The second-order valence-corrected chi connectivity index (χ2v) is 9.72. The van der Waals surface area contributed by atoms with Crippen LogP contribution in [0.4, 0.5) is 0 Å². The van der Waals surface area contributed by atoms with Gasteiger partial charge in [0.2, 0.25) is 10.0 Å². The molecule has 0 saturated carbocycles. The van der Waals surface area contributed by atoms with E-state index >= 15 is 0 Å². The zero-order valence-corrected chi connectivity index (χ0v) is 17.5. The summed E-state index contributed by atoms with van der Waals surface area (Å²) < 4.78 is 27.4. The van der Waals surface area contributed by atoms with Crippen molar-refractivity contribution >= 4 is 27.0 Å².